The first-order valence-electron chi connectivity index (χ1n) is 5.95. The van der Waals surface area contributed by atoms with Gasteiger partial charge in [0.2, 0.25) is 5.91 Å². The van der Waals surface area contributed by atoms with Crippen LogP contribution in [0.4, 0.5) is 0 Å². The van der Waals surface area contributed by atoms with Crippen molar-refractivity contribution in [1.82, 2.24) is 4.90 Å². The Labute approximate surface area is 119 Å². The molecular weight excluding hydrogens is 312 g/mol. The van der Waals surface area contributed by atoms with Crippen LogP contribution in [0.5, 0.6) is 0 Å². The molecule has 1 aromatic carbocycles. The topological polar surface area (TPSA) is 72.6 Å². The van der Waals surface area contributed by atoms with Crippen LogP contribution in [0.3, 0.4) is 0 Å². The second-order valence-electron chi connectivity index (χ2n) is 4.43. The molecule has 1 aromatic rings. The monoisotopic (exact) mass is 326 g/mol. The van der Waals surface area contributed by atoms with Gasteiger partial charge in [0.1, 0.15) is 6.04 Å². The third kappa shape index (κ3) is 2.79. The lowest BCUT2D eigenvalue weighted by molar-refractivity contribution is -0.127. The van der Waals surface area contributed by atoms with Gasteiger partial charge in [0, 0.05) is 11.0 Å². The van der Waals surface area contributed by atoms with Gasteiger partial charge in [-0.3, -0.25) is 9.59 Å². The minimum absolute atomic E-state index is 0.157. The number of hydrogen-bond donors (Lipinski definition) is 1. The summed E-state index contributed by atoms with van der Waals surface area (Å²) in [6, 6.07) is 4.75. The number of hydrogen-bond acceptors (Lipinski definition) is 3. The highest BCUT2D eigenvalue weighted by atomic mass is 79.9. The van der Waals surface area contributed by atoms with Crippen molar-refractivity contribution in [2.75, 3.05) is 19.8 Å². The molecule has 2 amide bonds. The molecule has 0 aliphatic carbocycles. The van der Waals surface area contributed by atoms with Crippen LogP contribution in [-0.2, 0) is 9.53 Å². The van der Waals surface area contributed by atoms with Crippen LogP contribution in [-0.4, -0.2) is 42.5 Å². The molecule has 1 atom stereocenters. The number of morpholine rings is 1. The summed E-state index contributed by atoms with van der Waals surface area (Å²) in [7, 11) is 0. The summed E-state index contributed by atoms with van der Waals surface area (Å²) >= 11 is 3.41. The molecule has 102 valence electrons. The maximum Gasteiger partial charge on any atom is 0.255 e. The fraction of sp³-hybridized carbons (Fsp3) is 0.385. The maximum absolute atomic E-state index is 12.5. The summed E-state index contributed by atoms with van der Waals surface area (Å²) in [4.78, 5) is 25.4. The molecule has 1 aliphatic rings. The van der Waals surface area contributed by atoms with E-state index in [9.17, 15) is 9.59 Å². The molecule has 1 aliphatic heterocycles. The number of benzene rings is 1. The lowest BCUT2D eigenvalue weighted by Crippen LogP contribution is -2.54. The Kier molecular flexibility index (Phi) is 4.21. The summed E-state index contributed by atoms with van der Waals surface area (Å²) in [5.41, 5.74) is 6.82. The average Bonchev–Trinajstić information content (AvgIpc) is 2.41. The van der Waals surface area contributed by atoms with Crippen molar-refractivity contribution in [2.45, 2.75) is 13.0 Å². The Hall–Kier alpha value is -1.40. The smallest absolute Gasteiger partial charge is 0.255 e. The zero-order valence-corrected chi connectivity index (χ0v) is 12.1. The lowest BCUT2D eigenvalue weighted by Gasteiger charge is -2.33. The summed E-state index contributed by atoms with van der Waals surface area (Å²) in [5, 5.41) is 0. The number of primary amides is 1. The molecule has 6 heteroatoms. The van der Waals surface area contributed by atoms with E-state index in [1.165, 1.54) is 4.90 Å². The van der Waals surface area contributed by atoms with E-state index in [0.717, 1.165) is 10.0 Å². The van der Waals surface area contributed by atoms with Gasteiger partial charge in [0.05, 0.1) is 18.8 Å². The molecule has 5 nitrogen and oxygen atoms in total. The van der Waals surface area contributed by atoms with Gasteiger partial charge in [-0.25, -0.2) is 0 Å². The molecule has 2 N–H and O–H groups in total. The standard InChI is InChI=1S/C13H15BrN2O3/c1-8-3-2-4-9(11(8)14)13(18)16-5-6-19-7-10(16)12(15)17/h2-4,10H,5-7H2,1H3,(H2,15,17). The van der Waals surface area contributed by atoms with Crippen LogP contribution < -0.4 is 5.73 Å². The second-order valence-corrected chi connectivity index (χ2v) is 5.22. The van der Waals surface area contributed by atoms with Crippen molar-refractivity contribution in [3.8, 4) is 0 Å². The third-order valence-electron chi connectivity index (χ3n) is 3.14. The van der Waals surface area contributed by atoms with E-state index in [-0.39, 0.29) is 12.5 Å². The first kappa shape index (κ1) is 14.0. The van der Waals surface area contributed by atoms with Gasteiger partial charge in [-0.1, -0.05) is 12.1 Å². The zero-order valence-electron chi connectivity index (χ0n) is 10.6. The number of aryl methyl sites for hydroxylation is 1. The van der Waals surface area contributed by atoms with Gasteiger partial charge in [0.15, 0.2) is 0 Å². The number of rotatable bonds is 2. The van der Waals surface area contributed by atoms with E-state index in [1.807, 2.05) is 19.1 Å². The summed E-state index contributed by atoms with van der Waals surface area (Å²) in [6.45, 7) is 2.85. The molecule has 0 aromatic heterocycles. The normalized spacial score (nSPS) is 19.3. The number of nitrogens with two attached hydrogens (primary N) is 1. The van der Waals surface area contributed by atoms with E-state index in [4.69, 9.17) is 10.5 Å². The van der Waals surface area contributed by atoms with Crippen molar-refractivity contribution >= 4 is 27.7 Å². The molecule has 1 fully saturated rings. The molecular formula is C13H15BrN2O3. The number of amides is 2. The van der Waals surface area contributed by atoms with Crippen LogP contribution >= 0.6 is 15.9 Å². The molecule has 19 heavy (non-hydrogen) atoms. The minimum Gasteiger partial charge on any atom is -0.377 e. The highest BCUT2D eigenvalue weighted by Gasteiger charge is 2.32. The highest BCUT2D eigenvalue weighted by Crippen LogP contribution is 2.23. The summed E-state index contributed by atoms with van der Waals surface area (Å²) in [6.07, 6.45) is 0. The number of nitrogens with zero attached hydrogens (tertiary/aromatic N) is 1. The average molecular weight is 327 g/mol. The molecule has 0 radical (unpaired) electrons. The number of halogens is 1. The summed E-state index contributed by atoms with van der Waals surface area (Å²) in [5.74, 6) is -0.750. The lowest BCUT2D eigenvalue weighted by atomic mass is 10.1. The van der Waals surface area contributed by atoms with E-state index in [2.05, 4.69) is 15.9 Å². The van der Waals surface area contributed by atoms with Gasteiger partial charge in [-0.05, 0) is 34.5 Å². The predicted octanol–water partition coefficient (Wildman–Crippen LogP) is 1.08. The van der Waals surface area contributed by atoms with Crippen LogP contribution in [0.2, 0.25) is 0 Å². The Morgan fingerprint density at radius 2 is 2.21 bits per heavy atom. The highest BCUT2D eigenvalue weighted by molar-refractivity contribution is 9.10. The van der Waals surface area contributed by atoms with E-state index in [1.54, 1.807) is 6.07 Å². The van der Waals surface area contributed by atoms with Crippen molar-refractivity contribution in [1.29, 1.82) is 0 Å². The molecule has 0 bridgehead atoms. The van der Waals surface area contributed by atoms with Crippen LogP contribution in [0.1, 0.15) is 15.9 Å². The third-order valence-corrected chi connectivity index (χ3v) is 4.19. The fourth-order valence-corrected chi connectivity index (χ4v) is 2.48. The Bertz CT molecular complexity index is 519. The predicted molar refractivity (Wildman–Crippen MR) is 73.7 cm³/mol. The number of carbonyl (C=O) groups is 2. The van der Waals surface area contributed by atoms with E-state index >= 15 is 0 Å². The van der Waals surface area contributed by atoms with Gasteiger partial charge < -0.3 is 15.4 Å². The Morgan fingerprint density at radius 1 is 1.47 bits per heavy atom. The quantitative estimate of drug-likeness (QED) is 0.884. The molecule has 2 rings (SSSR count). The molecule has 0 spiro atoms. The molecule has 0 saturated carbocycles. The van der Waals surface area contributed by atoms with Gasteiger partial charge in [0.25, 0.3) is 5.91 Å². The van der Waals surface area contributed by atoms with Crippen molar-refractivity contribution in [3.63, 3.8) is 0 Å². The van der Waals surface area contributed by atoms with Crippen molar-refractivity contribution in [3.05, 3.63) is 33.8 Å². The molecule has 1 saturated heterocycles. The van der Waals surface area contributed by atoms with Crippen molar-refractivity contribution in [2.24, 2.45) is 5.73 Å². The first-order chi connectivity index (χ1) is 9.02. The maximum atomic E-state index is 12.5. The van der Waals surface area contributed by atoms with Crippen molar-refractivity contribution < 1.29 is 14.3 Å². The SMILES string of the molecule is Cc1cccc(C(=O)N2CCOCC2C(N)=O)c1Br. The van der Waals surface area contributed by atoms with E-state index < -0.39 is 11.9 Å². The second kappa shape index (κ2) is 5.71. The Morgan fingerprint density at radius 3 is 2.89 bits per heavy atom. The van der Waals surface area contributed by atoms with Gasteiger partial charge in [-0.2, -0.15) is 0 Å². The zero-order chi connectivity index (χ0) is 14.0. The van der Waals surface area contributed by atoms with Gasteiger partial charge in [-0.15, -0.1) is 0 Å². The van der Waals surface area contributed by atoms with Gasteiger partial charge >= 0.3 is 0 Å². The minimum atomic E-state index is -0.700. The number of carbonyl (C=O) groups excluding carboxylic acids is 2. The Balaban J connectivity index is 2.31. The molecule has 1 heterocycles. The van der Waals surface area contributed by atoms with Crippen LogP contribution in [0.15, 0.2) is 22.7 Å². The largest absolute Gasteiger partial charge is 0.377 e. The molecule has 1 unspecified atom stereocenters. The number of ether oxygens (including phenoxy) is 1. The fourth-order valence-electron chi connectivity index (χ4n) is 2.05. The van der Waals surface area contributed by atoms with E-state index in [0.29, 0.717) is 18.7 Å². The summed E-state index contributed by atoms with van der Waals surface area (Å²) < 4.78 is 5.95. The first-order valence-corrected chi connectivity index (χ1v) is 6.75. The van der Waals surface area contributed by atoms with Crippen LogP contribution in [0.25, 0.3) is 0 Å². The van der Waals surface area contributed by atoms with Crippen LogP contribution in [0, 0.1) is 6.92 Å².